The van der Waals surface area contributed by atoms with Gasteiger partial charge in [0.25, 0.3) is 11.1 Å². The quantitative estimate of drug-likeness (QED) is 0.255. The predicted molar refractivity (Wildman–Crippen MR) is 128 cm³/mol. The van der Waals surface area contributed by atoms with Gasteiger partial charge in [-0.05, 0) is 42.3 Å². The number of rotatable bonds is 10. The second kappa shape index (κ2) is 11.4. The van der Waals surface area contributed by atoms with Crippen LogP contribution in [-0.4, -0.2) is 43.2 Å². The van der Waals surface area contributed by atoms with E-state index in [2.05, 4.69) is 14.7 Å². The van der Waals surface area contributed by atoms with Crippen molar-refractivity contribution in [1.82, 2.24) is 9.36 Å². The molecule has 0 radical (unpaired) electrons. The van der Waals surface area contributed by atoms with E-state index in [4.69, 9.17) is 9.47 Å². The van der Waals surface area contributed by atoms with E-state index in [9.17, 15) is 18.5 Å². The van der Waals surface area contributed by atoms with Crippen LogP contribution < -0.4 is 14.8 Å². The molecule has 0 aliphatic heterocycles. The first-order valence-electron chi connectivity index (χ1n) is 10.1. The highest BCUT2D eigenvalue weighted by atomic mass is 32.2. The Bertz CT molecular complexity index is 1330. The molecule has 0 saturated carbocycles. The average molecular weight is 499 g/mol. The van der Waals surface area contributed by atoms with Crippen molar-refractivity contribution in [1.29, 1.82) is 5.26 Å². The van der Waals surface area contributed by atoms with Crippen molar-refractivity contribution in [3.05, 3.63) is 65.2 Å². The molecule has 0 spiro atoms. The normalized spacial score (nSPS) is 11.5. The third-order valence-corrected chi connectivity index (χ3v) is 6.02. The van der Waals surface area contributed by atoms with Crippen molar-refractivity contribution in [2.75, 3.05) is 24.8 Å². The van der Waals surface area contributed by atoms with Crippen LogP contribution in [0.4, 0.5) is 5.13 Å². The summed E-state index contributed by atoms with van der Waals surface area (Å²) < 4.78 is 38.0. The molecule has 0 saturated heterocycles. The van der Waals surface area contributed by atoms with Crippen molar-refractivity contribution in [2.24, 2.45) is 0 Å². The number of aromatic nitrogens is 2. The van der Waals surface area contributed by atoms with Crippen LogP contribution in [0.25, 0.3) is 6.08 Å². The molecule has 2 aromatic carbocycles. The summed E-state index contributed by atoms with van der Waals surface area (Å²) in [4.78, 5) is 16.1. The van der Waals surface area contributed by atoms with Gasteiger partial charge >= 0.3 is 0 Å². The molecule has 9 nitrogen and oxygen atoms in total. The van der Waals surface area contributed by atoms with E-state index >= 15 is 0 Å². The second-order valence-electron chi connectivity index (χ2n) is 7.16. The fourth-order valence-electron chi connectivity index (χ4n) is 2.70. The molecule has 1 amide bonds. The highest BCUT2D eigenvalue weighted by molar-refractivity contribution is 7.90. The van der Waals surface area contributed by atoms with Crippen molar-refractivity contribution in [2.45, 2.75) is 18.5 Å². The van der Waals surface area contributed by atoms with Crippen LogP contribution in [0.2, 0.25) is 0 Å². The zero-order valence-corrected chi connectivity index (χ0v) is 20.1. The Balaban J connectivity index is 1.51. The number of amides is 1. The minimum atomic E-state index is -3.58. The van der Waals surface area contributed by atoms with E-state index in [0.717, 1.165) is 17.6 Å². The van der Waals surface area contributed by atoms with Gasteiger partial charge in [0.05, 0.1) is 13.2 Å². The molecule has 1 heterocycles. The standard InChI is InChI=1S/C23H22N4O5S2/c1-16-6-3-4-7-20(16)32-13-5-12-31-19-10-8-17(9-11-19)14-18(15-24)21(28)25-22-26-23(27-33-22)34(2,29)30/h3-4,6-11,14H,5,12-13H2,1-2H3,(H,25,26,27,28). The SMILES string of the molecule is Cc1ccccc1OCCCOc1ccc(C=C(C#N)C(=O)Nc2nc(S(C)(=O)=O)ns2)cc1. The lowest BCUT2D eigenvalue weighted by Gasteiger charge is -2.10. The fraction of sp³-hybridized carbons (Fsp3) is 0.217. The number of benzene rings is 2. The fourth-order valence-corrected chi connectivity index (χ4v) is 4.14. The summed E-state index contributed by atoms with van der Waals surface area (Å²) in [6, 6.07) is 16.6. The number of ether oxygens (including phenoxy) is 2. The zero-order valence-electron chi connectivity index (χ0n) is 18.5. The van der Waals surface area contributed by atoms with Gasteiger partial charge in [0.15, 0.2) is 0 Å². The Morgan fingerprint density at radius 1 is 1.15 bits per heavy atom. The molecular weight excluding hydrogens is 476 g/mol. The van der Waals surface area contributed by atoms with Crippen LogP contribution >= 0.6 is 11.5 Å². The largest absolute Gasteiger partial charge is 0.493 e. The molecule has 176 valence electrons. The number of nitriles is 1. The Kier molecular flexibility index (Phi) is 8.34. The number of carbonyl (C=O) groups is 1. The number of para-hydroxylation sites is 1. The topological polar surface area (TPSA) is 131 Å². The molecule has 0 bridgehead atoms. The van der Waals surface area contributed by atoms with E-state index in [1.165, 1.54) is 6.08 Å². The lowest BCUT2D eigenvalue weighted by molar-refractivity contribution is -0.112. The molecule has 3 rings (SSSR count). The number of nitrogens with zero attached hydrogens (tertiary/aromatic N) is 3. The van der Waals surface area contributed by atoms with Crippen LogP contribution in [0.15, 0.2) is 59.3 Å². The minimum Gasteiger partial charge on any atom is -0.493 e. The third-order valence-electron chi connectivity index (χ3n) is 4.42. The number of aryl methyl sites for hydroxylation is 1. The summed E-state index contributed by atoms with van der Waals surface area (Å²) in [7, 11) is -3.58. The highest BCUT2D eigenvalue weighted by Gasteiger charge is 2.17. The van der Waals surface area contributed by atoms with Gasteiger partial charge in [0.1, 0.15) is 23.1 Å². The molecule has 1 N–H and O–H groups in total. The Labute approximate surface area is 201 Å². The molecule has 3 aromatic rings. The summed E-state index contributed by atoms with van der Waals surface area (Å²) in [5, 5.41) is 11.3. The Hall–Kier alpha value is -3.75. The van der Waals surface area contributed by atoms with E-state index in [1.54, 1.807) is 24.3 Å². The first kappa shape index (κ1) is 24.9. The Morgan fingerprint density at radius 3 is 2.50 bits per heavy atom. The van der Waals surface area contributed by atoms with E-state index in [0.29, 0.717) is 42.5 Å². The molecule has 0 aliphatic rings. The van der Waals surface area contributed by atoms with Crippen molar-refractivity contribution in [3.63, 3.8) is 0 Å². The summed E-state index contributed by atoms with van der Waals surface area (Å²) in [5.74, 6) is 0.795. The second-order valence-corrected chi connectivity index (χ2v) is 9.82. The monoisotopic (exact) mass is 498 g/mol. The Morgan fingerprint density at radius 2 is 1.85 bits per heavy atom. The van der Waals surface area contributed by atoms with Crippen molar-refractivity contribution >= 4 is 38.5 Å². The van der Waals surface area contributed by atoms with Crippen molar-refractivity contribution < 1.29 is 22.7 Å². The van der Waals surface area contributed by atoms with Gasteiger partial charge in [-0.25, -0.2) is 8.42 Å². The summed E-state index contributed by atoms with van der Waals surface area (Å²) in [6.45, 7) is 3.01. The maximum atomic E-state index is 12.4. The number of carbonyl (C=O) groups excluding carboxylic acids is 1. The molecule has 0 fully saturated rings. The predicted octanol–water partition coefficient (Wildman–Crippen LogP) is 3.64. The molecule has 11 heteroatoms. The molecule has 0 aliphatic carbocycles. The molecule has 0 atom stereocenters. The zero-order chi connectivity index (χ0) is 24.6. The van der Waals surface area contributed by atoms with Crippen LogP contribution in [0.5, 0.6) is 11.5 Å². The molecule has 0 unspecified atom stereocenters. The summed E-state index contributed by atoms with van der Waals surface area (Å²) >= 11 is 0.717. The molecule has 34 heavy (non-hydrogen) atoms. The van der Waals surface area contributed by atoms with Crippen LogP contribution in [0, 0.1) is 18.3 Å². The van der Waals surface area contributed by atoms with E-state index in [-0.39, 0.29) is 15.9 Å². The lowest BCUT2D eigenvalue weighted by Crippen LogP contribution is -2.13. The third kappa shape index (κ3) is 7.13. The lowest BCUT2D eigenvalue weighted by atomic mass is 10.1. The van der Waals surface area contributed by atoms with Gasteiger partial charge in [0, 0.05) is 24.2 Å². The van der Waals surface area contributed by atoms with Gasteiger partial charge in [-0.15, -0.1) is 0 Å². The number of hydrogen-bond acceptors (Lipinski definition) is 9. The number of sulfone groups is 1. The van der Waals surface area contributed by atoms with Crippen LogP contribution in [-0.2, 0) is 14.6 Å². The van der Waals surface area contributed by atoms with Gasteiger partial charge in [0.2, 0.25) is 15.0 Å². The number of hydrogen-bond donors (Lipinski definition) is 1. The van der Waals surface area contributed by atoms with E-state index < -0.39 is 15.7 Å². The van der Waals surface area contributed by atoms with Gasteiger partial charge in [-0.1, -0.05) is 30.3 Å². The maximum Gasteiger partial charge on any atom is 0.268 e. The first-order valence-corrected chi connectivity index (χ1v) is 12.8. The summed E-state index contributed by atoms with van der Waals surface area (Å²) in [6.07, 6.45) is 3.09. The van der Waals surface area contributed by atoms with Gasteiger partial charge in [-0.2, -0.15) is 14.6 Å². The molecule has 1 aromatic heterocycles. The van der Waals surface area contributed by atoms with Crippen LogP contribution in [0.3, 0.4) is 0 Å². The van der Waals surface area contributed by atoms with Crippen molar-refractivity contribution in [3.8, 4) is 17.6 Å². The van der Waals surface area contributed by atoms with Gasteiger partial charge < -0.3 is 9.47 Å². The van der Waals surface area contributed by atoms with E-state index in [1.807, 2.05) is 37.3 Å². The minimum absolute atomic E-state index is 0.0123. The maximum absolute atomic E-state index is 12.4. The number of nitrogens with one attached hydrogen (secondary N) is 1. The van der Waals surface area contributed by atoms with Crippen LogP contribution in [0.1, 0.15) is 17.5 Å². The van der Waals surface area contributed by atoms with Gasteiger partial charge in [-0.3, -0.25) is 10.1 Å². The summed E-state index contributed by atoms with van der Waals surface area (Å²) in [5.41, 5.74) is 1.54. The smallest absolute Gasteiger partial charge is 0.268 e. The molecular formula is C23H22N4O5S2. The number of anilines is 1. The first-order chi connectivity index (χ1) is 16.3. The average Bonchev–Trinajstić information content (AvgIpc) is 3.28. The highest BCUT2D eigenvalue weighted by Crippen LogP contribution is 2.19.